The van der Waals surface area contributed by atoms with E-state index in [4.69, 9.17) is 0 Å². The monoisotopic (exact) mass is 297 g/mol. The Balaban J connectivity index is 2.18. The summed E-state index contributed by atoms with van der Waals surface area (Å²) in [6, 6.07) is 7.07. The van der Waals surface area contributed by atoms with Crippen LogP contribution in [0.25, 0.3) is 0 Å². The van der Waals surface area contributed by atoms with Crippen LogP contribution in [0.1, 0.15) is 51.9 Å². The summed E-state index contributed by atoms with van der Waals surface area (Å²) >= 11 is 4.22. The molecule has 114 valence electrons. The minimum atomic E-state index is -0.110. The van der Waals surface area contributed by atoms with Gasteiger partial charge >= 0.3 is 0 Å². The Hall–Kier alpha value is -0.700. The molecule has 0 radical (unpaired) electrons. The van der Waals surface area contributed by atoms with Gasteiger partial charge in [0.15, 0.2) is 0 Å². The summed E-state index contributed by atoms with van der Waals surface area (Å²) in [5, 5.41) is 0. The lowest BCUT2D eigenvalue weighted by Gasteiger charge is -2.23. The number of hydrogen-bond donors (Lipinski definition) is 1. The molecule has 0 saturated carbocycles. The molecule has 0 aliphatic heterocycles. The van der Waals surface area contributed by atoms with Crippen molar-refractivity contribution >= 4 is 18.3 Å². The summed E-state index contributed by atoms with van der Waals surface area (Å²) in [6.07, 6.45) is 8.87. The average Bonchev–Trinajstić information content (AvgIpc) is 2.47. The third-order valence-corrected chi connectivity index (χ3v) is 3.98. The Labute approximate surface area is 129 Å². The van der Waals surface area contributed by atoms with Gasteiger partial charge < -0.3 is 4.90 Å². The van der Waals surface area contributed by atoms with Gasteiger partial charge in [-0.05, 0) is 37.7 Å². The quantitative estimate of drug-likeness (QED) is 0.428. The van der Waals surface area contributed by atoms with Gasteiger partial charge in [0, 0.05) is 13.1 Å². The Morgan fingerprint density at radius 3 is 2.15 bits per heavy atom. The third-order valence-electron chi connectivity index (χ3n) is 3.66. The molecule has 0 aliphatic carbocycles. The largest absolute Gasteiger partial charge is 0.369 e. The van der Waals surface area contributed by atoms with E-state index in [0.717, 1.165) is 31.0 Å². The van der Waals surface area contributed by atoms with E-state index >= 15 is 0 Å². The summed E-state index contributed by atoms with van der Waals surface area (Å²) < 4.78 is 13.7. The topological polar surface area (TPSA) is 3.24 Å². The van der Waals surface area contributed by atoms with Crippen molar-refractivity contribution < 1.29 is 4.39 Å². The first-order chi connectivity index (χ1) is 9.79. The van der Waals surface area contributed by atoms with E-state index in [1.807, 2.05) is 12.1 Å². The second kappa shape index (κ2) is 11.0. The number of halogens is 1. The molecule has 0 saturated heterocycles. The van der Waals surface area contributed by atoms with Gasteiger partial charge in [-0.1, -0.05) is 44.2 Å². The summed E-state index contributed by atoms with van der Waals surface area (Å²) in [4.78, 5) is 2.14. The molecule has 0 aliphatic rings. The maximum absolute atomic E-state index is 13.7. The maximum atomic E-state index is 13.7. The molecular formula is C17H28FNS. The molecule has 3 heteroatoms. The molecule has 0 heterocycles. The van der Waals surface area contributed by atoms with E-state index in [2.05, 4.69) is 24.5 Å². The molecule has 1 aromatic carbocycles. The van der Waals surface area contributed by atoms with Gasteiger partial charge in [0.1, 0.15) is 5.82 Å². The van der Waals surface area contributed by atoms with Crippen molar-refractivity contribution in [1.82, 2.24) is 0 Å². The molecule has 1 aromatic rings. The van der Waals surface area contributed by atoms with Crippen LogP contribution in [-0.2, 0) is 0 Å². The molecule has 0 N–H and O–H groups in total. The first kappa shape index (κ1) is 17.4. The van der Waals surface area contributed by atoms with Crippen molar-refractivity contribution in [2.75, 3.05) is 23.7 Å². The van der Waals surface area contributed by atoms with Crippen LogP contribution in [0.4, 0.5) is 10.1 Å². The van der Waals surface area contributed by atoms with Crippen LogP contribution in [0.15, 0.2) is 24.3 Å². The van der Waals surface area contributed by atoms with Crippen LogP contribution in [0, 0.1) is 5.82 Å². The molecule has 1 rings (SSSR count). The van der Waals surface area contributed by atoms with Crippen LogP contribution in [0.5, 0.6) is 0 Å². The van der Waals surface area contributed by atoms with E-state index in [-0.39, 0.29) is 5.82 Å². The van der Waals surface area contributed by atoms with Gasteiger partial charge in [0.25, 0.3) is 0 Å². The zero-order chi connectivity index (χ0) is 14.6. The molecule has 1 nitrogen and oxygen atoms in total. The number of thiol groups is 1. The van der Waals surface area contributed by atoms with Crippen molar-refractivity contribution in [3.05, 3.63) is 30.1 Å². The Kier molecular flexibility index (Phi) is 9.56. The number of nitrogens with zero attached hydrogens (tertiary/aromatic N) is 1. The minimum Gasteiger partial charge on any atom is -0.369 e. The van der Waals surface area contributed by atoms with Crippen LogP contribution in [0.3, 0.4) is 0 Å². The second-order valence-corrected chi connectivity index (χ2v) is 5.68. The number of benzene rings is 1. The first-order valence-electron chi connectivity index (χ1n) is 7.90. The fraction of sp³-hybridized carbons (Fsp3) is 0.647. The minimum absolute atomic E-state index is 0.110. The molecule has 0 unspecified atom stereocenters. The SMILES string of the molecule is CCN(CCCCCCCCCS)c1ccccc1F. The average molecular weight is 297 g/mol. The number of rotatable bonds is 11. The van der Waals surface area contributed by atoms with Crippen LogP contribution in [-0.4, -0.2) is 18.8 Å². The highest BCUT2D eigenvalue weighted by Crippen LogP contribution is 2.19. The second-order valence-electron chi connectivity index (χ2n) is 5.23. The van der Waals surface area contributed by atoms with Crippen LogP contribution < -0.4 is 4.90 Å². The molecule has 0 fully saturated rings. The highest BCUT2D eigenvalue weighted by Gasteiger charge is 2.08. The summed E-state index contributed by atoms with van der Waals surface area (Å²) in [5.74, 6) is 0.898. The number of para-hydroxylation sites is 1. The summed E-state index contributed by atoms with van der Waals surface area (Å²) in [7, 11) is 0. The molecule has 0 atom stereocenters. The van der Waals surface area contributed by atoms with E-state index < -0.39 is 0 Å². The zero-order valence-electron chi connectivity index (χ0n) is 12.7. The van der Waals surface area contributed by atoms with Crippen molar-refractivity contribution in [2.24, 2.45) is 0 Å². The fourth-order valence-corrected chi connectivity index (χ4v) is 2.68. The van der Waals surface area contributed by atoms with E-state index in [1.165, 1.54) is 38.5 Å². The standard InChI is InChI=1S/C17H28FNS/c1-2-19(17-13-9-8-12-16(17)18)14-10-6-4-3-5-7-11-15-20/h8-9,12-13,20H,2-7,10-11,14-15H2,1H3. The van der Waals surface area contributed by atoms with Gasteiger partial charge in [-0.2, -0.15) is 12.6 Å². The Bertz CT molecular complexity index is 357. The van der Waals surface area contributed by atoms with Gasteiger partial charge in [0.05, 0.1) is 5.69 Å². The fourth-order valence-electron chi connectivity index (χ4n) is 2.46. The summed E-state index contributed by atoms with van der Waals surface area (Å²) in [6.45, 7) is 3.90. The highest BCUT2D eigenvalue weighted by molar-refractivity contribution is 7.80. The first-order valence-corrected chi connectivity index (χ1v) is 8.53. The van der Waals surface area contributed by atoms with Gasteiger partial charge in [-0.25, -0.2) is 4.39 Å². The number of hydrogen-bond acceptors (Lipinski definition) is 2. The van der Waals surface area contributed by atoms with Gasteiger partial charge in [0.2, 0.25) is 0 Å². The molecule has 0 bridgehead atoms. The third kappa shape index (κ3) is 6.65. The lowest BCUT2D eigenvalue weighted by atomic mass is 10.1. The predicted molar refractivity (Wildman–Crippen MR) is 90.5 cm³/mol. The van der Waals surface area contributed by atoms with Crippen LogP contribution >= 0.6 is 12.6 Å². The van der Waals surface area contributed by atoms with E-state index in [9.17, 15) is 4.39 Å². The zero-order valence-corrected chi connectivity index (χ0v) is 13.5. The van der Waals surface area contributed by atoms with E-state index in [1.54, 1.807) is 12.1 Å². The highest BCUT2D eigenvalue weighted by atomic mass is 32.1. The number of unbranched alkanes of at least 4 members (excludes halogenated alkanes) is 6. The van der Waals surface area contributed by atoms with Crippen molar-refractivity contribution in [1.29, 1.82) is 0 Å². The molecule has 0 aromatic heterocycles. The molecule has 0 amide bonds. The molecule has 20 heavy (non-hydrogen) atoms. The van der Waals surface area contributed by atoms with E-state index in [0.29, 0.717) is 0 Å². The lowest BCUT2D eigenvalue weighted by molar-refractivity contribution is 0.579. The number of anilines is 1. The molecule has 0 spiro atoms. The van der Waals surface area contributed by atoms with Gasteiger partial charge in [-0.15, -0.1) is 0 Å². The Morgan fingerprint density at radius 1 is 0.950 bits per heavy atom. The summed E-state index contributed by atoms with van der Waals surface area (Å²) in [5.41, 5.74) is 0.740. The van der Waals surface area contributed by atoms with Crippen LogP contribution in [0.2, 0.25) is 0 Å². The van der Waals surface area contributed by atoms with Crippen molar-refractivity contribution in [3.63, 3.8) is 0 Å². The van der Waals surface area contributed by atoms with Crippen molar-refractivity contribution in [2.45, 2.75) is 51.9 Å². The smallest absolute Gasteiger partial charge is 0.146 e. The lowest BCUT2D eigenvalue weighted by Crippen LogP contribution is -2.24. The Morgan fingerprint density at radius 2 is 1.55 bits per heavy atom. The predicted octanol–water partition coefficient (Wildman–Crippen LogP) is 5.31. The maximum Gasteiger partial charge on any atom is 0.146 e. The van der Waals surface area contributed by atoms with Crippen molar-refractivity contribution in [3.8, 4) is 0 Å². The normalized spacial score (nSPS) is 10.8. The molecular weight excluding hydrogens is 269 g/mol. The van der Waals surface area contributed by atoms with Gasteiger partial charge in [-0.3, -0.25) is 0 Å².